The first kappa shape index (κ1) is 16.9. The molecule has 1 aromatic carbocycles. The van der Waals surface area contributed by atoms with Crippen LogP contribution in [0, 0.1) is 12.8 Å². The van der Waals surface area contributed by atoms with Crippen molar-refractivity contribution < 1.29 is 9.53 Å². The summed E-state index contributed by atoms with van der Waals surface area (Å²) in [6, 6.07) is 6.51. The molecular formula is C19H29NO2. The Balaban J connectivity index is 1.92. The quantitative estimate of drug-likeness (QED) is 0.885. The molecule has 3 nitrogen and oxygen atoms in total. The van der Waals surface area contributed by atoms with Crippen LogP contribution in [0.4, 0.5) is 0 Å². The molecule has 0 aromatic heterocycles. The molecule has 1 saturated carbocycles. The van der Waals surface area contributed by atoms with Crippen molar-refractivity contribution in [2.75, 3.05) is 6.61 Å². The summed E-state index contributed by atoms with van der Waals surface area (Å²) in [5.74, 6) is 1.79. The lowest BCUT2D eigenvalue weighted by Gasteiger charge is -2.29. The van der Waals surface area contributed by atoms with Crippen LogP contribution in [-0.2, 0) is 4.79 Å². The van der Waals surface area contributed by atoms with Crippen molar-refractivity contribution in [1.82, 2.24) is 5.32 Å². The van der Waals surface area contributed by atoms with Crippen LogP contribution in [0.15, 0.2) is 18.2 Å². The third-order valence-corrected chi connectivity index (χ3v) is 4.61. The van der Waals surface area contributed by atoms with E-state index in [0.717, 1.165) is 23.3 Å². The highest BCUT2D eigenvalue weighted by Crippen LogP contribution is 2.27. The number of aryl methyl sites for hydroxylation is 1. The summed E-state index contributed by atoms with van der Waals surface area (Å²) in [6.45, 7) is 8.65. The fraction of sp³-hybridized carbons (Fsp3) is 0.632. The van der Waals surface area contributed by atoms with Gasteiger partial charge in [-0.2, -0.15) is 0 Å². The minimum atomic E-state index is -0.00466. The molecule has 3 heteroatoms. The van der Waals surface area contributed by atoms with E-state index >= 15 is 0 Å². The highest BCUT2D eigenvalue weighted by molar-refractivity contribution is 5.78. The van der Waals surface area contributed by atoms with Crippen molar-refractivity contribution in [2.24, 2.45) is 5.92 Å². The zero-order valence-electron chi connectivity index (χ0n) is 14.3. The minimum Gasteiger partial charge on any atom is -0.483 e. The molecular weight excluding hydrogens is 274 g/mol. The average Bonchev–Trinajstić information content (AvgIpc) is 2.47. The lowest BCUT2D eigenvalue weighted by molar-refractivity contribution is -0.124. The second-order valence-electron chi connectivity index (χ2n) is 6.92. The van der Waals surface area contributed by atoms with Crippen LogP contribution in [0.25, 0.3) is 0 Å². The van der Waals surface area contributed by atoms with Gasteiger partial charge in [-0.25, -0.2) is 0 Å². The van der Waals surface area contributed by atoms with E-state index in [1.807, 2.05) is 13.0 Å². The van der Waals surface area contributed by atoms with Crippen LogP contribution in [0.3, 0.4) is 0 Å². The van der Waals surface area contributed by atoms with Gasteiger partial charge in [-0.1, -0.05) is 45.7 Å². The van der Waals surface area contributed by atoms with Gasteiger partial charge < -0.3 is 10.1 Å². The first-order valence-corrected chi connectivity index (χ1v) is 8.50. The lowest BCUT2D eigenvalue weighted by Crippen LogP contribution is -2.43. The van der Waals surface area contributed by atoms with E-state index in [1.165, 1.54) is 19.3 Å². The third kappa shape index (κ3) is 4.49. The van der Waals surface area contributed by atoms with Crippen LogP contribution in [0.2, 0.25) is 0 Å². The lowest BCUT2D eigenvalue weighted by atomic mass is 9.86. The van der Waals surface area contributed by atoms with Crippen molar-refractivity contribution in [3.05, 3.63) is 29.3 Å². The number of amides is 1. The smallest absolute Gasteiger partial charge is 0.258 e. The van der Waals surface area contributed by atoms with Crippen molar-refractivity contribution in [3.63, 3.8) is 0 Å². The summed E-state index contributed by atoms with van der Waals surface area (Å²) in [7, 11) is 0. The number of rotatable bonds is 5. The first-order chi connectivity index (χ1) is 10.5. The van der Waals surface area contributed by atoms with Crippen LogP contribution < -0.4 is 10.1 Å². The average molecular weight is 303 g/mol. The molecule has 122 valence electrons. The molecule has 22 heavy (non-hydrogen) atoms. The van der Waals surface area contributed by atoms with Gasteiger partial charge in [0.1, 0.15) is 5.75 Å². The normalized spacial score (nSPS) is 21.7. The molecule has 0 unspecified atom stereocenters. The molecule has 0 radical (unpaired) electrons. The van der Waals surface area contributed by atoms with E-state index in [9.17, 15) is 4.79 Å². The molecule has 1 aromatic rings. The molecule has 2 rings (SSSR count). The van der Waals surface area contributed by atoms with Gasteiger partial charge in [-0.3, -0.25) is 4.79 Å². The van der Waals surface area contributed by atoms with Crippen molar-refractivity contribution in [3.8, 4) is 5.75 Å². The number of hydrogen-bond acceptors (Lipinski definition) is 2. The summed E-state index contributed by atoms with van der Waals surface area (Å²) in [5, 5.41) is 3.14. The number of nitrogens with one attached hydrogen (secondary N) is 1. The van der Waals surface area contributed by atoms with E-state index in [2.05, 4.69) is 38.2 Å². The SMILES string of the molecule is Cc1ccc(C(C)C)c(OCC(=O)N[C@@H]2CCCC[C@@H]2C)c1. The van der Waals surface area contributed by atoms with Crippen molar-refractivity contribution in [1.29, 1.82) is 0 Å². The Morgan fingerprint density at radius 3 is 2.73 bits per heavy atom. The van der Waals surface area contributed by atoms with E-state index < -0.39 is 0 Å². The van der Waals surface area contributed by atoms with Crippen molar-refractivity contribution in [2.45, 2.75) is 65.3 Å². The zero-order chi connectivity index (χ0) is 16.1. The summed E-state index contributed by atoms with van der Waals surface area (Å²) in [4.78, 5) is 12.2. The van der Waals surface area contributed by atoms with Gasteiger partial charge in [0.15, 0.2) is 6.61 Å². The van der Waals surface area contributed by atoms with Gasteiger partial charge in [-0.05, 0) is 48.8 Å². The van der Waals surface area contributed by atoms with Gasteiger partial charge in [0.05, 0.1) is 0 Å². The van der Waals surface area contributed by atoms with Gasteiger partial charge in [0.2, 0.25) is 0 Å². The molecule has 1 aliphatic carbocycles. The van der Waals surface area contributed by atoms with Crippen LogP contribution in [-0.4, -0.2) is 18.6 Å². The minimum absolute atomic E-state index is 0.00466. The number of ether oxygens (including phenoxy) is 1. The molecule has 0 saturated heterocycles. The number of carbonyl (C=O) groups is 1. The highest BCUT2D eigenvalue weighted by Gasteiger charge is 2.23. The largest absolute Gasteiger partial charge is 0.483 e. The standard InChI is InChI=1S/C19H29NO2/c1-13(2)16-10-9-14(3)11-18(16)22-12-19(21)20-17-8-6-5-7-15(17)4/h9-11,13,15,17H,5-8,12H2,1-4H3,(H,20,21)/t15-,17+/m0/s1. The Morgan fingerprint density at radius 2 is 2.05 bits per heavy atom. The van der Waals surface area contributed by atoms with Gasteiger partial charge >= 0.3 is 0 Å². The molecule has 0 bridgehead atoms. The zero-order valence-corrected chi connectivity index (χ0v) is 14.3. The Labute approximate surface area is 134 Å². The highest BCUT2D eigenvalue weighted by atomic mass is 16.5. The summed E-state index contributed by atoms with van der Waals surface area (Å²) >= 11 is 0. The topological polar surface area (TPSA) is 38.3 Å². The molecule has 1 N–H and O–H groups in total. The van der Waals surface area contributed by atoms with Crippen molar-refractivity contribution >= 4 is 5.91 Å². The van der Waals surface area contributed by atoms with E-state index in [4.69, 9.17) is 4.74 Å². The molecule has 1 amide bonds. The monoisotopic (exact) mass is 303 g/mol. The molecule has 0 aliphatic heterocycles. The number of hydrogen-bond donors (Lipinski definition) is 1. The maximum absolute atomic E-state index is 12.2. The van der Waals surface area contributed by atoms with Gasteiger partial charge in [0, 0.05) is 6.04 Å². The maximum atomic E-state index is 12.2. The van der Waals surface area contributed by atoms with Crippen LogP contribution in [0.1, 0.15) is 63.5 Å². The summed E-state index contributed by atoms with van der Waals surface area (Å²) < 4.78 is 5.81. The van der Waals surface area contributed by atoms with Gasteiger partial charge in [0.25, 0.3) is 5.91 Å². The maximum Gasteiger partial charge on any atom is 0.258 e. The molecule has 1 aliphatic rings. The van der Waals surface area contributed by atoms with E-state index in [0.29, 0.717) is 17.9 Å². The number of carbonyl (C=O) groups excluding carboxylic acids is 1. The third-order valence-electron chi connectivity index (χ3n) is 4.61. The summed E-state index contributed by atoms with van der Waals surface area (Å²) in [5.41, 5.74) is 2.31. The Hall–Kier alpha value is -1.51. The second-order valence-corrected chi connectivity index (χ2v) is 6.92. The van der Waals surface area contributed by atoms with Crippen LogP contribution >= 0.6 is 0 Å². The fourth-order valence-corrected chi connectivity index (χ4v) is 3.17. The molecule has 0 heterocycles. The predicted octanol–water partition coefficient (Wildman–Crippen LogP) is 4.19. The Morgan fingerprint density at radius 1 is 1.32 bits per heavy atom. The molecule has 2 atom stereocenters. The van der Waals surface area contributed by atoms with E-state index in [1.54, 1.807) is 0 Å². The van der Waals surface area contributed by atoms with E-state index in [-0.39, 0.29) is 12.5 Å². The fourth-order valence-electron chi connectivity index (χ4n) is 3.17. The molecule has 1 fully saturated rings. The number of benzene rings is 1. The van der Waals surface area contributed by atoms with Crippen LogP contribution in [0.5, 0.6) is 5.75 Å². The first-order valence-electron chi connectivity index (χ1n) is 8.50. The van der Waals surface area contributed by atoms with Gasteiger partial charge in [-0.15, -0.1) is 0 Å². The molecule has 0 spiro atoms. The Kier molecular flexibility index (Phi) is 5.87. The second kappa shape index (κ2) is 7.66. The predicted molar refractivity (Wildman–Crippen MR) is 90.3 cm³/mol. The summed E-state index contributed by atoms with van der Waals surface area (Å²) in [6.07, 6.45) is 4.80. The Bertz CT molecular complexity index is 510.